The standard InChI is InChI=1S/C16H18FNOS/c1-10(2)19-15-9-16(14(18)8-13(15)17)20-12-6-4-5-11(3)7-12/h4-10H,18H2,1-3H3. The molecule has 2 nitrogen and oxygen atoms in total. The highest BCUT2D eigenvalue weighted by Gasteiger charge is 2.11. The largest absolute Gasteiger partial charge is 0.488 e. The van der Waals surface area contributed by atoms with Gasteiger partial charge in [0.15, 0.2) is 11.6 Å². The van der Waals surface area contributed by atoms with Crippen LogP contribution in [0.25, 0.3) is 0 Å². The molecule has 0 radical (unpaired) electrons. The summed E-state index contributed by atoms with van der Waals surface area (Å²) in [4.78, 5) is 1.87. The van der Waals surface area contributed by atoms with Crippen molar-refractivity contribution in [1.82, 2.24) is 0 Å². The number of hydrogen-bond donors (Lipinski definition) is 1. The van der Waals surface area contributed by atoms with Gasteiger partial charge < -0.3 is 10.5 Å². The second-order valence-corrected chi connectivity index (χ2v) is 6.02. The Morgan fingerprint density at radius 1 is 1.20 bits per heavy atom. The summed E-state index contributed by atoms with van der Waals surface area (Å²) in [6.45, 7) is 5.76. The first kappa shape index (κ1) is 14.7. The molecule has 2 aromatic carbocycles. The number of halogens is 1. The van der Waals surface area contributed by atoms with Gasteiger partial charge in [0.25, 0.3) is 0 Å². The summed E-state index contributed by atoms with van der Waals surface area (Å²) >= 11 is 1.51. The first-order valence-corrected chi connectivity index (χ1v) is 7.27. The fourth-order valence-electron chi connectivity index (χ4n) is 1.79. The zero-order valence-corrected chi connectivity index (χ0v) is 12.6. The quantitative estimate of drug-likeness (QED) is 0.832. The molecule has 0 aliphatic rings. The van der Waals surface area contributed by atoms with Crippen molar-refractivity contribution in [1.29, 1.82) is 0 Å². The van der Waals surface area contributed by atoms with Crippen LogP contribution in [0.3, 0.4) is 0 Å². The molecule has 0 bridgehead atoms. The summed E-state index contributed by atoms with van der Waals surface area (Å²) in [5, 5.41) is 0. The van der Waals surface area contributed by atoms with Gasteiger partial charge in [-0.2, -0.15) is 0 Å². The minimum Gasteiger partial charge on any atom is -0.488 e. The van der Waals surface area contributed by atoms with Crippen molar-refractivity contribution in [3.8, 4) is 5.75 Å². The highest BCUT2D eigenvalue weighted by Crippen LogP contribution is 2.36. The third-order valence-electron chi connectivity index (χ3n) is 2.64. The van der Waals surface area contributed by atoms with Crippen LogP contribution in [-0.4, -0.2) is 6.10 Å². The maximum absolute atomic E-state index is 13.8. The summed E-state index contributed by atoms with van der Waals surface area (Å²) in [7, 11) is 0. The van der Waals surface area contributed by atoms with Gasteiger partial charge in [0.1, 0.15) is 0 Å². The smallest absolute Gasteiger partial charge is 0.167 e. The first-order chi connectivity index (χ1) is 9.45. The molecule has 0 unspecified atom stereocenters. The van der Waals surface area contributed by atoms with Crippen LogP contribution in [0.5, 0.6) is 5.75 Å². The van der Waals surface area contributed by atoms with Crippen LogP contribution >= 0.6 is 11.8 Å². The maximum Gasteiger partial charge on any atom is 0.167 e. The van der Waals surface area contributed by atoms with Crippen molar-refractivity contribution in [3.05, 3.63) is 47.8 Å². The second kappa shape index (κ2) is 6.18. The summed E-state index contributed by atoms with van der Waals surface area (Å²) in [5.41, 5.74) is 7.49. The predicted molar refractivity (Wildman–Crippen MR) is 81.9 cm³/mol. The molecule has 4 heteroatoms. The Bertz CT molecular complexity index is 613. The van der Waals surface area contributed by atoms with Gasteiger partial charge in [0.05, 0.1) is 6.10 Å². The lowest BCUT2D eigenvalue weighted by Crippen LogP contribution is -2.07. The van der Waals surface area contributed by atoms with Gasteiger partial charge >= 0.3 is 0 Å². The molecular weight excluding hydrogens is 273 g/mol. The highest BCUT2D eigenvalue weighted by molar-refractivity contribution is 7.99. The third-order valence-corrected chi connectivity index (χ3v) is 3.71. The molecule has 2 rings (SSSR count). The number of rotatable bonds is 4. The monoisotopic (exact) mass is 291 g/mol. The van der Waals surface area contributed by atoms with Crippen LogP contribution in [0.2, 0.25) is 0 Å². The Kier molecular flexibility index (Phi) is 4.55. The molecule has 0 aromatic heterocycles. The van der Waals surface area contributed by atoms with E-state index in [-0.39, 0.29) is 11.9 Å². The topological polar surface area (TPSA) is 35.2 Å². The molecule has 0 atom stereocenters. The van der Waals surface area contributed by atoms with Crippen molar-refractivity contribution < 1.29 is 9.13 Å². The average molecular weight is 291 g/mol. The number of aryl methyl sites for hydroxylation is 1. The molecule has 20 heavy (non-hydrogen) atoms. The molecule has 0 spiro atoms. The fraction of sp³-hybridized carbons (Fsp3) is 0.250. The minimum atomic E-state index is -0.426. The number of nitrogens with two attached hydrogens (primary N) is 1. The zero-order valence-electron chi connectivity index (χ0n) is 11.8. The van der Waals surface area contributed by atoms with Crippen LogP contribution < -0.4 is 10.5 Å². The Morgan fingerprint density at radius 2 is 1.95 bits per heavy atom. The SMILES string of the molecule is Cc1cccc(Sc2cc(OC(C)C)c(F)cc2N)c1. The van der Waals surface area contributed by atoms with E-state index in [4.69, 9.17) is 10.5 Å². The molecule has 0 saturated carbocycles. The lowest BCUT2D eigenvalue weighted by atomic mass is 10.2. The van der Waals surface area contributed by atoms with Gasteiger partial charge in [0, 0.05) is 21.5 Å². The van der Waals surface area contributed by atoms with Crippen molar-refractivity contribution in [3.63, 3.8) is 0 Å². The molecule has 0 aliphatic carbocycles. The zero-order chi connectivity index (χ0) is 14.7. The molecular formula is C16H18FNOS. The van der Waals surface area contributed by atoms with Crippen molar-refractivity contribution in [2.45, 2.75) is 36.7 Å². The summed E-state index contributed by atoms with van der Waals surface area (Å²) in [6.07, 6.45) is -0.0788. The Morgan fingerprint density at radius 3 is 2.60 bits per heavy atom. The van der Waals surface area contributed by atoms with E-state index in [1.54, 1.807) is 6.07 Å². The van der Waals surface area contributed by atoms with E-state index < -0.39 is 5.82 Å². The third kappa shape index (κ3) is 3.67. The van der Waals surface area contributed by atoms with Gasteiger partial charge in [-0.05, 0) is 39.0 Å². The first-order valence-electron chi connectivity index (χ1n) is 6.46. The van der Waals surface area contributed by atoms with Crippen molar-refractivity contribution in [2.24, 2.45) is 0 Å². The van der Waals surface area contributed by atoms with Crippen molar-refractivity contribution >= 4 is 17.4 Å². The van der Waals surface area contributed by atoms with Gasteiger partial charge in [-0.1, -0.05) is 29.5 Å². The summed E-state index contributed by atoms with van der Waals surface area (Å²) < 4.78 is 19.2. The molecule has 0 amide bonds. The lowest BCUT2D eigenvalue weighted by Gasteiger charge is -2.13. The summed E-state index contributed by atoms with van der Waals surface area (Å²) in [6, 6.07) is 11.1. The second-order valence-electron chi connectivity index (χ2n) is 4.91. The lowest BCUT2D eigenvalue weighted by molar-refractivity contribution is 0.230. The van der Waals surface area contributed by atoms with Gasteiger partial charge in [0.2, 0.25) is 0 Å². The van der Waals surface area contributed by atoms with Gasteiger partial charge in [-0.3, -0.25) is 0 Å². The highest BCUT2D eigenvalue weighted by atomic mass is 32.2. The van der Waals surface area contributed by atoms with Crippen LogP contribution in [0.1, 0.15) is 19.4 Å². The van der Waals surface area contributed by atoms with E-state index in [9.17, 15) is 4.39 Å². The number of benzene rings is 2. The van der Waals surface area contributed by atoms with E-state index in [1.807, 2.05) is 39.0 Å². The van der Waals surface area contributed by atoms with E-state index in [0.717, 1.165) is 9.79 Å². The van der Waals surface area contributed by atoms with E-state index in [2.05, 4.69) is 6.07 Å². The molecule has 106 valence electrons. The van der Waals surface area contributed by atoms with Crippen LogP contribution in [0.15, 0.2) is 46.2 Å². The molecule has 0 heterocycles. The number of ether oxygens (including phenoxy) is 1. The number of hydrogen-bond acceptors (Lipinski definition) is 3. The Labute approximate surface area is 123 Å². The fourth-order valence-corrected chi connectivity index (χ4v) is 2.78. The molecule has 2 N–H and O–H groups in total. The van der Waals surface area contributed by atoms with E-state index >= 15 is 0 Å². The van der Waals surface area contributed by atoms with Gasteiger partial charge in [-0.25, -0.2) is 4.39 Å². The van der Waals surface area contributed by atoms with Crippen LogP contribution in [-0.2, 0) is 0 Å². The molecule has 0 fully saturated rings. The maximum atomic E-state index is 13.8. The molecule has 0 aliphatic heterocycles. The number of anilines is 1. The van der Waals surface area contributed by atoms with E-state index in [0.29, 0.717) is 5.69 Å². The number of nitrogen functional groups attached to an aromatic ring is 1. The average Bonchev–Trinajstić information content (AvgIpc) is 2.34. The van der Waals surface area contributed by atoms with Gasteiger partial charge in [-0.15, -0.1) is 0 Å². The normalized spacial score (nSPS) is 10.8. The Hall–Kier alpha value is -1.68. The van der Waals surface area contributed by atoms with Crippen molar-refractivity contribution in [2.75, 3.05) is 5.73 Å². The van der Waals surface area contributed by atoms with Crippen LogP contribution in [0.4, 0.5) is 10.1 Å². The molecule has 2 aromatic rings. The summed E-state index contributed by atoms with van der Waals surface area (Å²) in [5.74, 6) is -0.186. The minimum absolute atomic E-state index is 0.0788. The van der Waals surface area contributed by atoms with E-state index in [1.165, 1.54) is 23.4 Å². The predicted octanol–water partition coefficient (Wildman–Crippen LogP) is 4.65. The molecule has 0 saturated heterocycles. The Balaban J connectivity index is 2.31. The van der Waals surface area contributed by atoms with Crippen LogP contribution in [0, 0.1) is 12.7 Å².